The summed E-state index contributed by atoms with van der Waals surface area (Å²) in [5.41, 5.74) is 3.45. The molecule has 0 spiro atoms. The van der Waals surface area contributed by atoms with Crippen LogP contribution in [0.3, 0.4) is 0 Å². The maximum atomic E-state index is 12.3. The third kappa shape index (κ3) is 4.10. The molecule has 0 aliphatic carbocycles. The van der Waals surface area contributed by atoms with Crippen LogP contribution in [-0.4, -0.2) is 38.4 Å². The Morgan fingerprint density at radius 1 is 1.13 bits per heavy atom. The smallest absolute Gasteiger partial charge is 0.253 e. The SMILES string of the molecule is O=C(Nc1cccc(CNc2ncnc3c2cnn3-c2ccccc2)c1)C1CCCO1. The molecule has 0 saturated carbocycles. The number of amides is 1. The summed E-state index contributed by atoms with van der Waals surface area (Å²) in [4.78, 5) is 21.1. The normalized spacial score (nSPS) is 15.8. The van der Waals surface area contributed by atoms with Crippen molar-refractivity contribution in [1.29, 1.82) is 0 Å². The number of carbonyl (C=O) groups is 1. The first-order valence-electron chi connectivity index (χ1n) is 10.3. The van der Waals surface area contributed by atoms with Crippen molar-refractivity contribution in [2.75, 3.05) is 17.2 Å². The molecule has 1 aliphatic rings. The molecule has 5 rings (SSSR count). The number of ether oxygens (including phenoxy) is 1. The number of nitrogens with zero attached hydrogens (tertiary/aromatic N) is 4. The van der Waals surface area contributed by atoms with Gasteiger partial charge in [-0.05, 0) is 42.7 Å². The molecular formula is C23H22N6O2. The molecule has 0 radical (unpaired) electrons. The molecule has 1 fully saturated rings. The summed E-state index contributed by atoms with van der Waals surface area (Å²) in [5, 5.41) is 11.6. The van der Waals surface area contributed by atoms with Crippen molar-refractivity contribution in [3.8, 4) is 5.69 Å². The Kier molecular flexibility index (Phi) is 5.28. The van der Waals surface area contributed by atoms with Gasteiger partial charge in [-0.25, -0.2) is 14.6 Å². The van der Waals surface area contributed by atoms with Crippen molar-refractivity contribution in [2.24, 2.45) is 0 Å². The molecule has 31 heavy (non-hydrogen) atoms. The zero-order chi connectivity index (χ0) is 21.0. The lowest BCUT2D eigenvalue weighted by atomic mass is 10.2. The van der Waals surface area contributed by atoms with E-state index in [0.717, 1.165) is 40.8 Å². The third-order valence-electron chi connectivity index (χ3n) is 5.24. The number of hydrogen-bond donors (Lipinski definition) is 2. The molecule has 2 aromatic heterocycles. The van der Waals surface area contributed by atoms with Crippen LogP contribution in [0.2, 0.25) is 0 Å². The zero-order valence-electron chi connectivity index (χ0n) is 16.9. The average Bonchev–Trinajstić information content (AvgIpc) is 3.49. The van der Waals surface area contributed by atoms with Gasteiger partial charge in [0, 0.05) is 18.8 Å². The average molecular weight is 414 g/mol. The highest BCUT2D eigenvalue weighted by Gasteiger charge is 2.23. The molecule has 1 amide bonds. The van der Waals surface area contributed by atoms with E-state index in [9.17, 15) is 4.79 Å². The number of para-hydroxylation sites is 1. The highest BCUT2D eigenvalue weighted by atomic mass is 16.5. The number of rotatable bonds is 6. The van der Waals surface area contributed by atoms with Gasteiger partial charge in [0.15, 0.2) is 5.65 Å². The molecule has 1 saturated heterocycles. The van der Waals surface area contributed by atoms with Crippen molar-refractivity contribution in [2.45, 2.75) is 25.5 Å². The monoisotopic (exact) mass is 414 g/mol. The predicted octanol–water partition coefficient (Wildman–Crippen LogP) is 3.55. The van der Waals surface area contributed by atoms with E-state index >= 15 is 0 Å². The summed E-state index contributed by atoms with van der Waals surface area (Å²) >= 11 is 0. The van der Waals surface area contributed by atoms with Crippen LogP contribution < -0.4 is 10.6 Å². The highest BCUT2D eigenvalue weighted by molar-refractivity contribution is 5.94. The summed E-state index contributed by atoms with van der Waals surface area (Å²) in [6.45, 7) is 1.20. The lowest BCUT2D eigenvalue weighted by molar-refractivity contribution is -0.124. The van der Waals surface area contributed by atoms with Gasteiger partial charge in [-0.3, -0.25) is 4.79 Å². The predicted molar refractivity (Wildman–Crippen MR) is 118 cm³/mol. The van der Waals surface area contributed by atoms with Gasteiger partial charge in [0.05, 0.1) is 17.3 Å². The van der Waals surface area contributed by atoms with Crippen LogP contribution >= 0.6 is 0 Å². The first-order valence-corrected chi connectivity index (χ1v) is 10.3. The standard InChI is InChI=1S/C23H22N6O2/c30-23(20-10-5-11-31-20)28-17-7-4-6-16(12-17)13-24-21-19-14-27-29(22(19)26-15-25-21)18-8-2-1-3-9-18/h1-4,6-9,12,14-15,20H,5,10-11,13H2,(H,28,30)(H,24,25,26). The molecule has 0 bridgehead atoms. The third-order valence-corrected chi connectivity index (χ3v) is 5.24. The molecule has 3 heterocycles. The Balaban J connectivity index is 1.31. The number of benzene rings is 2. The summed E-state index contributed by atoms with van der Waals surface area (Å²) in [6.07, 6.45) is 4.65. The maximum absolute atomic E-state index is 12.3. The quantitative estimate of drug-likeness (QED) is 0.501. The van der Waals surface area contributed by atoms with Crippen molar-refractivity contribution in [1.82, 2.24) is 19.7 Å². The molecule has 8 heteroatoms. The molecule has 1 aliphatic heterocycles. The van der Waals surface area contributed by atoms with E-state index in [1.165, 1.54) is 6.33 Å². The topological polar surface area (TPSA) is 94.0 Å². The van der Waals surface area contributed by atoms with Gasteiger partial charge < -0.3 is 15.4 Å². The Morgan fingerprint density at radius 2 is 2.03 bits per heavy atom. The van der Waals surface area contributed by atoms with Crippen LogP contribution in [0.5, 0.6) is 0 Å². The molecule has 2 aromatic carbocycles. The molecule has 1 atom stereocenters. The number of fused-ring (bicyclic) bond motifs is 1. The second kappa shape index (κ2) is 8.53. The highest BCUT2D eigenvalue weighted by Crippen LogP contribution is 2.22. The van der Waals surface area contributed by atoms with Crippen LogP contribution in [0, 0.1) is 0 Å². The largest absolute Gasteiger partial charge is 0.368 e. The summed E-state index contributed by atoms with van der Waals surface area (Å²) in [5.74, 6) is 0.620. The molecule has 4 aromatic rings. The summed E-state index contributed by atoms with van der Waals surface area (Å²) < 4.78 is 7.25. The Bertz CT molecular complexity index is 1200. The van der Waals surface area contributed by atoms with E-state index in [0.29, 0.717) is 19.0 Å². The number of nitrogens with one attached hydrogen (secondary N) is 2. The maximum Gasteiger partial charge on any atom is 0.253 e. The molecular weight excluding hydrogens is 392 g/mol. The van der Waals surface area contributed by atoms with Crippen LogP contribution in [0.25, 0.3) is 16.7 Å². The first-order chi connectivity index (χ1) is 15.3. The number of hydrogen-bond acceptors (Lipinski definition) is 6. The van der Waals surface area contributed by atoms with Crippen LogP contribution in [0.4, 0.5) is 11.5 Å². The second-order valence-corrected chi connectivity index (χ2v) is 7.40. The van der Waals surface area contributed by atoms with Gasteiger partial charge in [0.25, 0.3) is 5.91 Å². The van der Waals surface area contributed by atoms with E-state index in [4.69, 9.17) is 4.74 Å². The summed E-state index contributed by atoms with van der Waals surface area (Å²) in [6, 6.07) is 17.6. The van der Waals surface area contributed by atoms with Gasteiger partial charge in [-0.2, -0.15) is 5.10 Å². The minimum absolute atomic E-state index is 0.0894. The van der Waals surface area contributed by atoms with Crippen molar-refractivity contribution in [3.05, 3.63) is 72.7 Å². The van der Waals surface area contributed by atoms with Crippen molar-refractivity contribution in [3.63, 3.8) is 0 Å². The molecule has 156 valence electrons. The number of aromatic nitrogens is 4. The Hall–Kier alpha value is -3.78. The molecule has 1 unspecified atom stereocenters. The van der Waals surface area contributed by atoms with Crippen molar-refractivity contribution >= 4 is 28.4 Å². The second-order valence-electron chi connectivity index (χ2n) is 7.40. The van der Waals surface area contributed by atoms with Gasteiger partial charge in [0.1, 0.15) is 18.2 Å². The van der Waals surface area contributed by atoms with Crippen LogP contribution in [0.15, 0.2) is 67.1 Å². The molecule has 8 nitrogen and oxygen atoms in total. The van der Waals surface area contributed by atoms with Gasteiger partial charge >= 0.3 is 0 Å². The minimum atomic E-state index is -0.350. The zero-order valence-corrected chi connectivity index (χ0v) is 16.9. The lowest BCUT2D eigenvalue weighted by Crippen LogP contribution is -2.26. The Labute approximate surface area is 179 Å². The minimum Gasteiger partial charge on any atom is -0.368 e. The van der Waals surface area contributed by atoms with E-state index in [2.05, 4.69) is 25.7 Å². The van der Waals surface area contributed by atoms with Gasteiger partial charge in [0.2, 0.25) is 0 Å². The van der Waals surface area contributed by atoms with E-state index < -0.39 is 0 Å². The van der Waals surface area contributed by atoms with E-state index in [1.54, 1.807) is 10.9 Å². The lowest BCUT2D eigenvalue weighted by Gasteiger charge is -2.12. The molecule has 2 N–H and O–H groups in total. The fourth-order valence-corrected chi connectivity index (χ4v) is 3.70. The van der Waals surface area contributed by atoms with Gasteiger partial charge in [-0.1, -0.05) is 30.3 Å². The Morgan fingerprint density at radius 3 is 2.87 bits per heavy atom. The van der Waals surface area contributed by atoms with Gasteiger partial charge in [-0.15, -0.1) is 0 Å². The number of anilines is 2. The summed E-state index contributed by atoms with van der Waals surface area (Å²) in [7, 11) is 0. The number of carbonyl (C=O) groups excluding carboxylic acids is 1. The first kappa shape index (κ1) is 19.2. The van der Waals surface area contributed by atoms with Crippen LogP contribution in [-0.2, 0) is 16.1 Å². The van der Waals surface area contributed by atoms with Crippen molar-refractivity contribution < 1.29 is 9.53 Å². The van der Waals surface area contributed by atoms with E-state index in [-0.39, 0.29) is 12.0 Å². The fourth-order valence-electron chi connectivity index (χ4n) is 3.70. The fraction of sp³-hybridized carbons (Fsp3) is 0.217. The van der Waals surface area contributed by atoms with Crippen LogP contribution in [0.1, 0.15) is 18.4 Å². The van der Waals surface area contributed by atoms with E-state index in [1.807, 2.05) is 54.6 Å².